The molecule has 2 rings (SSSR count). The molecule has 2 aliphatic rings. The Morgan fingerprint density at radius 3 is 2.47 bits per heavy atom. The summed E-state index contributed by atoms with van der Waals surface area (Å²) in [6.07, 6.45) is 6.24. The van der Waals surface area contributed by atoms with Crippen LogP contribution in [-0.2, 0) is 4.79 Å². The molecule has 2 N–H and O–H groups in total. The average molecular weight is 238 g/mol. The summed E-state index contributed by atoms with van der Waals surface area (Å²) in [6.45, 7) is 6.28. The Hall–Kier alpha value is -0.570. The molecule has 0 spiro atoms. The lowest BCUT2D eigenvalue weighted by Crippen LogP contribution is -2.42. The summed E-state index contributed by atoms with van der Waals surface area (Å²) in [4.78, 5) is 12.1. The van der Waals surface area contributed by atoms with E-state index >= 15 is 0 Å². The van der Waals surface area contributed by atoms with Crippen LogP contribution in [0.15, 0.2) is 0 Å². The van der Waals surface area contributed by atoms with Crippen LogP contribution in [0.1, 0.15) is 46.0 Å². The van der Waals surface area contributed by atoms with Crippen molar-refractivity contribution in [3.63, 3.8) is 0 Å². The molecule has 1 aliphatic heterocycles. The second-order valence-corrected chi connectivity index (χ2v) is 5.88. The second-order valence-electron chi connectivity index (χ2n) is 5.88. The second kappa shape index (κ2) is 5.85. The first-order chi connectivity index (χ1) is 8.20. The summed E-state index contributed by atoms with van der Waals surface area (Å²) in [5, 5.41) is 6.55. The highest BCUT2D eigenvalue weighted by atomic mass is 16.2. The first kappa shape index (κ1) is 12.9. The summed E-state index contributed by atoms with van der Waals surface area (Å²) in [7, 11) is 0. The first-order valence-corrected chi connectivity index (χ1v) is 7.21. The zero-order chi connectivity index (χ0) is 12.3. The monoisotopic (exact) mass is 238 g/mol. The molecular formula is C14H26N2O. The highest BCUT2D eigenvalue weighted by molar-refractivity contribution is 5.79. The molecule has 3 heteroatoms. The van der Waals surface area contributed by atoms with Crippen LogP contribution in [-0.4, -0.2) is 25.0 Å². The molecule has 1 aliphatic carbocycles. The van der Waals surface area contributed by atoms with Crippen molar-refractivity contribution in [1.29, 1.82) is 0 Å². The van der Waals surface area contributed by atoms with Gasteiger partial charge in [0.1, 0.15) is 0 Å². The van der Waals surface area contributed by atoms with Gasteiger partial charge in [0.2, 0.25) is 5.91 Å². The molecule has 0 bridgehead atoms. The van der Waals surface area contributed by atoms with Gasteiger partial charge < -0.3 is 10.6 Å². The van der Waals surface area contributed by atoms with Gasteiger partial charge in [0, 0.05) is 12.6 Å². The van der Waals surface area contributed by atoms with Crippen molar-refractivity contribution in [2.24, 2.45) is 17.8 Å². The highest BCUT2D eigenvalue weighted by Crippen LogP contribution is 2.27. The van der Waals surface area contributed by atoms with E-state index < -0.39 is 0 Å². The van der Waals surface area contributed by atoms with E-state index in [1.54, 1.807) is 0 Å². The number of hydrogen-bond acceptors (Lipinski definition) is 2. The van der Waals surface area contributed by atoms with Gasteiger partial charge in [-0.15, -0.1) is 0 Å². The molecule has 0 radical (unpaired) electrons. The van der Waals surface area contributed by atoms with E-state index in [4.69, 9.17) is 0 Å². The van der Waals surface area contributed by atoms with Crippen LogP contribution in [0.3, 0.4) is 0 Å². The maximum Gasteiger partial charge on any atom is 0.224 e. The third kappa shape index (κ3) is 3.21. The lowest BCUT2D eigenvalue weighted by molar-refractivity contribution is -0.126. The molecule has 3 nitrogen and oxygen atoms in total. The van der Waals surface area contributed by atoms with Gasteiger partial charge in [0.25, 0.3) is 0 Å². The van der Waals surface area contributed by atoms with Crippen LogP contribution in [0.2, 0.25) is 0 Å². The molecular weight excluding hydrogens is 212 g/mol. The Morgan fingerprint density at radius 2 is 1.94 bits per heavy atom. The molecule has 2 atom stereocenters. The average Bonchev–Trinajstić information content (AvgIpc) is 2.76. The third-order valence-electron chi connectivity index (χ3n) is 4.62. The number of rotatable bonds is 3. The SMILES string of the molecule is CCC1CCC(NC(=O)C2CNCC2C)CC1. The molecule has 17 heavy (non-hydrogen) atoms. The molecule has 2 unspecified atom stereocenters. The maximum absolute atomic E-state index is 12.1. The largest absolute Gasteiger partial charge is 0.353 e. The summed E-state index contributed by atoms with van der Waals surface area (Å²) in [5.74, 6) is 1.86. The molecule has 0 aromatic carbocycles. The zero-order valence-electron chi connectivity index (χ0n) is 11.2. The number of nitrogens with one attached hydrogen (secondary N) is 2. The van der Waals surface area contributed by atoms with Gasteiger partial charge in [0.05, 0.1) is 5.92 Å². The lowest BCUT2D eigenvalue weighted by atomic mass is 9.84. The van der Waals surface area contributed by atoms with E-state index in [1.807, 2.05) is 0 Å². The smallest absolute Gasteiger partial charge is 0.224 e. The molecule has 0 aromatic heterocycles. The minimum absolute atomic E-state index is 0.193. The van der Waals surface area contributed by atoms with Crippen LogP contribution in [0, 0.1) is 17.8 Å². The van der Waals surface area contributed by atoms with Crippen molar-refractivity contribution in [3.8, 4) is 0 Å². The number of hydrogen-bond donors (Lipinski definition) is 2. The molecule has 1 saturated heterocycles. The Labute approximate surface area is 105 Å². The maximum atomic E-state index is 12.1. The van der Waals surface area contributed by atoms with Crippen molar-refractivity contribution in [2.45, 2.75) is 52.0 Å². The predicted octanol–water partition coefficient (Wildman–Crippen LogP) is 1.93. The van der Waals surface area contributed by atoms with Crippen LogP contribution < -0.4 is 10.6 Å². The fourth-order valence-electron chi connectivity index (χ4n) is 3.18. The molecule has 1 amide bonds. The van der Waals surface area contributed by atoms with E-state index in [1.165, 1.54) is 32.1 Å². The zero-order valence-corrected chi connectivity index (χ0v) is 11.2. The van der Waals surface area contributed by atoms with Crippen molar-refractivity contribution in [3.05, 3.63) is 0 Å². The molecule has 1 heterocycles. The predicted molar refractivity (Wildman–Crippen MR) is 69.7 cm³/mol. The Kier molecular flexibility index (Phi) is 4.43. The minimum atomic E-state index is 0.193. The van der Waals surface area contributed by atoms with Gasteiger partial charge in [-0.2, -0.15) is 0 Å². The van der Waals surface area contributed by atoms with Crippen molar-refractivity contribution < 1.29 is 4.79 Å². The van der Waals surface area contributed by atoms with E-state index in [2.05, 4.69) is 24.5 Å². The normalized spacial score (nSPS) is 38.0. The summed E-state index contributed by atoms with van der Waals surface area (Å²) < 4.78 is 0. The Bertz CT molecular complexity index is 259. The number of carbonyl (C=O) groups excluding carboxylic acids is 1. The highest BCUT2D eigenvalue weighted by Gasteiger charge is 2.31. The topological polar surface area (TPSA) is 41.1 Å². The number of carbonyl (C=O) groups is 1. The van der Waals surface area contributed by atoms with Gasteiger partial charge in [-0.25, -0.2) is 0 Å². The summed E-state index contributed by atoms with van der Waals surface area (Å²) in [6, 6.07) is 0.443. The van der Waals surface area contributed by atoms with Crippen molar-refractivity contribution >= 4 is 5.91 Å². The molecule has 0 aromatic rings. The fourth-order valence-corrected chi connectivity index (χ4v) is 3.18. The van der Waals surface area contributed by atoms with E-state index in [-0.39, 0.29) is 11.8 Å². The minimum Gasteiger partial charge on any atom is -0.353 e. The van der Waals surface area contributed by atoms with Gasteiger partial charge in [-0.3, -0.25) is 4.79 Å². The standard InChI is InChI=1S/C14H26N2O/c1-3-11-4-6-12(7-5-11)16-14(17)13-9-15-8-10(13)2/h10-13,15H,3-9H2,1-2H3,(H,16,17). The first-order valence-electron chi connectivity index (χ1n) is 7.21. The van der Waals surface area contributed by atoms with E-state index in [0.29, 0.717) is 12.0 Å². The third-order valence-corrected chi connectivity index (χ3v) is 4.62. The lowest BCUT2D eigenvalue weighted by Gasteiger charge is -2.29. The summed E-state index contributed by atoms with van der Waals surface area (Å²) in [5.41, 5.74) is 0. The van der Waals surface area contributed by atoms with Crippen LogP contribution in [0.4, 0.5) is 0 Å². The van der Waals surface area contributed by atoms with Crippen LogP contribution >= 0.6 is 0 Å². The van der Waals surface area contributed by atoms with Crippen LogP contribution in [0.25, 0.3) is 0 Å². The van der Waals surface area contributed by atoms with Crippen molar-refractivity contribution in [1.82, 2.24) is 10.6 Å². The van der Waals surface area contributed by atoms with Gasteiger partial charge in [-0.1, -0.05) is 20.3 Å². The molecule has 1 saturated carbocycles. The quantitative estimate of drug-likeness (QED) is 0.789. The van der Waals surface area contributed by atoms with Gasteiger partial charge >= 0.3 is 0 Å². The summed E-state index contributed by atoms with van der Waals surface area (Å²) >= 11 is 0. The van der Waals surface area contributed by atoms with Crippen LogP contribution in [0.5, 0.6) is 0 Å². The van der Waals surface area contributed by atoms with Gasteiger partial charge in [-0.05, 0) is 44.1 Å². The fraction of sp³-hybridized carbons (Fsp3) is 0.929. The molecule has 98 valence electrons. The van der Waals surface area contributed by atoms with E-state index in [0.717, 1.165) is 19.0 Å². The number of amides is 1. The van der Waals surface area contributed by atoms with Crippen molar-refractivity contribution in [2.75, 3.05) is 13.1 Å². The Balaban J connectivity index is 1.76. The Morgan fingerprint density at radius 1 is 1.24 bits per heavy atom. The van der Waals surface area contributed by atoms with E-state index in [9.17, 15) is 4.79 Å². The molecule has 2 fully saturated rings. The van der Waals surface area contributed by atoms with Gasteiger partial charge in [0.15, 0.2) is 0 Å².